The number of Topliss-reactive ketones (excluding diaryl/α,β-unsaturated/α-hetero) is 2. The van der Waals surface area contributed by atoms with Crippen molar-refractivity contribution >= 4 is 47.0 Å². The lowest BCUT2D eigenvalue weighted by molar-refractivity contribution is -0.154. The molecule has 4 atom stereocenters. The number of ketones is 2. The normalized spacial score (nSPS) is 18.1. The summed E-state index contributed by atoms with van der Waals surface area (Å²) in [5, 5.41) is 17.9. The molecule has 2 aliphatic heterocycles. The number of esters is 2. The van der Waals surface area contributed by atoms with Crippen molar-refractivity contribution in [1.29, 1.82) is 0 Å². The molecule has 0 radical (unpaired) electrons. The average Bonchev–Trinajstić information content (AvgIpc) is 3.25. The molecule has 15 heteroatoms. The molecule has 2 aromatic rings. The number of benzene rings is 2. The number of primary amides is 1. The van der Waals surface area contributed by atoms with Crippen LogP contribution >= 0.6 is 0 Å². The van der Waals surface area contributed by atoms with E-state index in [9.17, 15) is 38.7 Å². The molecule has 2 aromatic carbocycles. The molecule has 15 nitrogen and oxygen atoms in total. The molecule has 6 N–H and O–H groups in total. The number of amides is 4. The minimum Gasteiger partial charge on any atom is -0.462 e. The van der Waals surface area contributed by atoms with Crippen molar-refractivity contribution in [3.63, 3.8) is 0 Å². The summed E-state index contributed by atoms with van der Waals surface area (Å²) < 4.78 is 11.3. The average molecular weight is 904 g/mol. The number of aryl methyl sites for hydroxylation is 1. The number of nitrogens with two attached hydrogens (primary N) is 1. The molecule has 2 aliphatic rings. The first-order valence-electron chi connectivity index (χ1n) is 23.6. The summed E-state index contributed by atoms with van der Waals surface area (Å²) in [5.74, 6) is -2.97. The number of carbonyl (C=O) groups is 7. The maximum absolute atomic E-state index is 13.7. The first kappa shape index (κ1) is 52.5. The van der Waals surface area contributed by atoms with Crippen molar-refractivity contribution in [3.05, 3.63) is 64.7 Å². The second kappa shape index (κ2) is 26.7. The van der Waals surface area contributed by atoms with Crippen LogP contribution in [0.3, 0.4) is 0 Å². The van der Waals surface area contributed by atoms with Crippen LogP contribution in [-0.2, 0) is 57.9 Å². The van der Waals surface area contributed by atoms with Crippen molar-refractivity contribution in [2.24, 2.45) is 23.5 Å². The predicted molar refractivity (Wildman–Crippen MR) is 247 cm³/mol. The second-order valence-corrected chi connectivity index (χ2v) is 18.6. The highest BCUT2D eigenvalue weighted by Crippen LogP contribution is 2.36. The van der Waals surface area contributed by atoms with Crippen LogP contribution in [0.1, 0.15) is 140 Å². The van der Waals surface area contributed by atoms with Gasteiger partial charge in [-0.25, -0.2) is 4.79 Å². The van der Waals surface area contributed by atoms with Gasteiger partial charge in [0.25, 0.3) is 0 Å². The molecule has 0 aromatic heterocycles. The van der Waals surface area contributed by atoms with Crippen molar-refractivity contribution < 1.29 is 48.1 Å². The molecular weight excluding hydrogens is 831 g/mol. The molecule has 0 spiro atoms. The molecule has 2 fully saturated rings. The predicted octanol–water partition coefficient (Wildman–Crippen LogP) is 6.37. The van der Waals surface area contributed by atoms with E-state index in [1.807, 2.05) is 39.0 Å². The number of ether oxygens (including phenoxy) is 2. The monoisotopic (exact) mass is 904 g/mol. The van der Waals surface area contributed by atoms with Gasteiger partial charge in [0.2, 0.25) is 11.8 Å². The molecule has 0 aliphatic carbocycles. The third-order valence-corrected chi connectivity index (χ3v) is 12.5. The summed E-state index contributed by atoms with van der Waals surface area (Å²) in [6.45, 7) is 10.2. The van der Waals surface area contributed by atoms with Gasteiger partial charge in [-0.1, -0.05) is 76.4 Å². The van der Waals surface area contributed by atoms with E-state index in [0.717, 1.165) is 80.2 Å². The number of hydrogen-bond donors (Lipinski definition) is 5. The number of aliphatic hydroxyl groups excluding tert-OH is 1. The van der Waals surface area contributed by atoms with Gasteiger partial charge < -0.3 is 36.3 Å². The molecular formula is C50H73N5O10. The van der Waals surface area contributed by atoms with Crippen molar-refractivity contribution in [2.45, 2.75) is 168 Å². The smallest absolute Gasteiger partial charge is 0.312 e. The number of fused-ring (bicyclic) bond motifs is 2. The molecule has 4 amide bonds. The fourth-order valence-corrected chi connectivity index (χ4v) is 8.89. The summed E-state index contributed by atoms with van der Waals surface area (Å²) in [5.41, 5.74) is 9.04. The first-order valence-corrected chi connectivity index (χ1v) is 23.6. The number of rotatable bonds is 27. The number of unbranched alkanes of at least 4 members (excludes halogenated alkanes) is 2. The van der Waals surface area contributed by atoms with Gasteiger partial charge in [0.1, 0.15) is 18.5 Å². The van der Waals surface area contributed by atoms with Crippen LogP contribution in [0.4, 0.5) is 10.5 Å². The third-order valence-electron chi connectivity index (χ3n) is 12.5. The molecule has 358 valence electrons. The zero-order chi connectivity index (χ0) is 47.5. The fourth-order valence-electron chi connectivity index (χ4n) is 8.89. The lowest BCUT2D eigenvalue weighted by Gasteiger charge is -2.48. The van der Waals surface area contributed by atoms with Gasteiger partial charge in [0.15, 0.2) is 5.78 Å². The van der Waals surface area contributed by atoms with Gasteiger partial charge in [-0.15, -0.1) is 0 Å². The highest BCUT2D eigenvalue weighted by atomic mass is 16.5. The van der Waals surface area contributed by atoms with E-state index in [-0.39, 0.29) is 93.3 Å². The molecule has 2 bridgehead atoms. The highest BCUT2D eigenvalue weighted by Gasteiger charge is 2.39. The van der Waals surface area contributed by atoms with Gasteiger partial charge in [-0.3, -0.25) is 33.7 Å². The van der Waals surface area contributed by atoms with Crippen LogP contribution in [-0.4, -0.2) is 88.7 Å². The van der Waals surface area contributed by atoms with Crippen LogP contribution in [0, 0.1) is 24.7 Å². The van der Waals surface area contributed by atoms with E-state index >= 15 is 0 Å². The lowest BCUT2D eigenvalue weighted by atomic mass is 9.82. The Morgan fingerprint density at radius 2 is 1.57 bits per heavy atom. The standard InChI is InChI=1S/C50H73N5O10/c1-32(2)47(44(58)26-36(11-10-23-52-50(51)63)48(61)53-39-19-16-35(17-20-39)31-64-49(62)33(3)4)54-45(59)22-21-42(57)14-7-6-8-24-55-40-12-9-13-41(55)29-43(28-40)65-46(60)27-38-25-34(5)15-18-37(38)30-56/h15-20,25,32-33,36,40-41,43,47,56H,6-14,21-24,26-31H2,1-5H3,(H,53,61)(H,54,59)(H3,51,52,63)/t36-,40?,41?,43?,47+/m1/s1. The van der Waals surface area contributed by atoms with Crippen molar-refractivity contribution in [2.75, 3.05) is 18.4 Å². The quantitative estimate of drug-likeness (QED) is 0.0489. The minimum absolute atomic E-state index is 0.00485. The first-order chi connectivity index (χ1) is 31.0. The molecule has 2 heterocycles. The number of piperidine rings is 2. The second-order valence-electron chi connectivity index (χ2n) is 18.6. The van der Waals surface area contributed by atoms with Crippen LogP contribution in [0.2, 0.25) is 0 Å². The topological polar surface area (TPSA) is 224 Å². The van der Waals surface area contributed by atoms with E-state index in [0.29, 0.717) is 30.6 Å². The van der Waals surface area contributed by atoms with Crippen molar-refractivity contribution in [3.8, 4) is 0 Å². The van der Waals surface area contributed by atoms with E-state index < -0.39 is 29.8 Å². The van der Waals surface area contributed by atoms with Crippen LogP contribution < -0.4 is 21.7 Å². The Kier molecular flexibility index (Phi) is 21.6. The summed E-state index contributed by atoms with van der Waals surface area (Å²) in [4.78, 5) is 91.7. The Hall–Kier alpha value is -5.15. The van der Waals surface area contributed by atoms with Gasteiger partial charge >= 0.3 is 18.0 Å². The summed E-state index contributed by atoms with van der Waals surface area (Å²) >= 11 is 0. The molecule has 4 rings (SSSR count). The maximum Gasteiger partial charge on any atom is 0.312 e. The van der Waals surface area contributed by atoms with Crippen LogP contribution in [0.25, 0.3) is 0 Å². The molecule has 65 heavy (non-hydrogen) atoms. The Bertz CT molecular complexity index is 1900. The number of anilines is 1. The minimum atomic E-state index is -0.861. The fraction of sp³-hybridized carbons (Fsp3) is 0.620. The van der Waals surface area contributed by atoms with E-state index in [4.69, 9.17) is 15.2 Å². The van der Waals surface area contributed by atoms with Crippen LogP contribution in [0.15, 0.2) is 42.5 Å². The van der Waals surface area contributed by atoms with Crippen molar-refractivity contribution in [1.82, 2.24) is 15.5 Å². The Morgan fingerprint density at radius 1 is 0.862 bits per heavy atom. The summed E-state index contributed by atoms with van der Waals surface area (Å²) in [6, 6.07) is 11.7. The van der Waals surface area contributed by atoms with E-state index in [1.165, 1.54) is 0 Å². The van der Waals surface area contributed by atoms with Crippen LogP contribution in [0.5, 0.6) is 0 Å². The maximum atomic E-state index is 13.7. The number of urea groups is 1. The van der Waals surface area contributed by atoms with Gasteiger partial charge in [-0.05, 0) is 86.7 Å². The Morgan fingerprint density at radius 3 is 2.22 bits per heavy atom. The van der Waals surface area contributed by atoms with Gasteiger partial charge in [0.05, 0.1) is 25.0 Å². The zero-order valence-electron chi connectivity index (χ0n) is 39.2. The highest BCUT2D eigenvalue weighted by molar-refractivity contribution is 5.97. The summed E-state index contributed by atoms with van der Waals surface area (Å²) in [6.07, 6.45) is 8.45. The Balaban J connectivity index is 1.18. The SMILES string of the molecule is Cc1ccc(CO)c(CC(=O)OC2CC3CCCC(C2)N3CCCCCC(=O)CCC(=O)N[C@H](C(=O)C[C@@H](CCCNC(N)=O)C(=O)Nc2ccc(COC(=O)C(C)C)cc2)C(C)C)c1. The van der Waals surface area contributed by atoms with Gasteiger partial charge in [0, 0.05) is 68.8 Å². The summed E-state index contributed by atoms with van der Waals surface area (Å²) in [7, 11) is 0. The number of nitrogens with zero attached hydrogens (tertiary/aromatic N) is 1. The number of carbonyl (C=O) groups excluding carboxylic acids is 7. The van der Waals surface area contributed by atoms with E-state index in [1.54, 1.807) is 38.1 Å². The zero-order valence-corrected chi connectivity index (χ0v) is 39.2. The largest absolute Gasteiger partial charge is 0.462 e. The molecule has 2 unspecified atom stereocenters. The number of hydrogen-bond acceptors (Lipinski definition) is 11. The molecule has 2 saturated heterocycles. The molecule has 0 saturated carbocycles. The van der Waals surface area contributed by atoms with E-state index in [2.05, 4.69) is 20.9 Å². The number of aliphatic hydroxyl groups is 1. The Labute approximate surface area is 384 Å². The lowest BCUT2D eigenvalue weighted by Crippen LogP contribution is -2.54. The third kappa shape index (κ3) is 18.0. The number of nitrogens with one attached hydrogen (secondary N) is 3. The van der Waals surface area contributed by atoms with Gasteiger partial charge in [-0.2, -0.15) is 0 Å².